The summed E-state index contributed by atoms with van der Waals surface area (Å²) in [5.41, 5.74) is 1.60. The summed E-state index contributed by atoms with van der Waals surface area (Å²) in [6, 6.07) is 10.6. The Morgan fingerprint density at radius 1 is 1.33 bits per heavy atom. The van der Waals surface area contributed by atoms with Crippen LogP contribution < -0.4 is 5.32 Å². The molecule has 1 heterocycles. The lowest BCUT2D eigenvalue weighted by molar-refractivity contribution is -0.118. The van der Waals surface area contributed by atoms with Gasteiger partial charge in [-0.05, 0) is 22.8 Å². The fourth-order valence-electron chi connectivity index (χ4n) is 3.36. The molecular weight excluding hydrogens is 322 g/mol. The largest absolute Gasteiger partial charge is 0.355 e. The van der Waals surface area contributed by atoms with Gasteiger partial charge in [0, 0.05) is 13.5 Å². The molecule has 2 aromatic rings. The Hall–Kier alpha value is -1.82. The maximum Gasteiger partial charge on any atom is 0.230 e. The molecule has 24 heavy (non-hydrogen) atoms. The van der Waals surface area contributed by atoms with Crippen LogP contribution in [0.1, 0.15) is 37.0 Å². The summed E-state index contributed by atoms with van der Waals surface area (Å²) in [7, 11) is 0. The van der Waals surface area contributed by atoms with Crippen LogP contribution in [0.2, 0.25) is 0 Å². The van der Waals surface area contributed by atoms with E-state index < -0.39 is 0 Å². The van der Waals surface area contributed by atoms with E-state index in [4.69, 9.17) is 4.52 Å². The van der Waals surface area contributed by atoms with Gasteiger partial charge in [-0.1, -0.05) is 49.3 Å². The van der Waals surface area contributed by atoms with Crippen molar-refractivity contribution in [3.63, 3.8) is 0 Å². The van der Waals surface area contributed by atoms with Crippen LogP contribution >= 0.6 is 11.8 Å². The van der Waals surface area contributed by atoms with Gasteiger partial charge in [0.1, 0.15) is 0 Å². The van der Waals surface area contributed by atoms with Crippen LogP contribution in [-0.2, 0) is 10.5 Å². The Bertz CT molecular complexity index is 699. The van der Waals surface area contributed by atoms with Crippen LogP contribution in [0.25, 0.3) is 0 Å². The van der Waals surface area contributed by atoms with E-state index >= 15 is 0 Å². The third kappa shape index (κ3) is 3.80. The van der Waals surface area contributed by atoms with Crippen LogP contribution in [0.4, 0.5) is 0 Å². The molecule has 1 aliphatic carbocycles. The molecule has 3 rings (SSSR count). The highest BCUT2D eigenvalue weighted by Crippen LogP contribution is 2.63. The van der Waals surface area contributed by atoms with Crippen molar-refractivity contribution in [2.75, 3.05) is 12.3 Å². The second-order valence-corrected chi connectivity index (χ2v) is 7.83. The zero-order chi connectivity index (χ0) is 17.2. The molecule has 1 amide bonds. The maximum atomic E-state index is 12.0. The third-order valence-electron chi connectivity index (χ3n) is 4.76. The molecule has 0 bridgehead atoms. The van der Waals surface area contributed by atoms with E-state index in [1.165, 1.54) is 17.3 Å². The first kappa shape index (κ1) is 17.0. The first-order valence-corrected chi connectivity index (χ1v) is 9.32. The summed E-state index contributed by atoms with van der Waals surface area (Å²) in [4.78, 5) is 16.2. The van der Waals surface area contributed by atoms with E-state index in [9.17, 15) is 4.79 Å². The average molecular weight is 345 g/mol. The zero-order valence-corrected chi connectivity index (χ0v) is 15.1. The molecule has 6 heteroatoms. The highest BCUT2D eigenvalue weighted by Gasteiger charge is 2.57. The topological polar surface area (TPSA) is 68.0 Å². The smallest absolute Gasteiger partial charge is 0.230 e. The predicted octanol–water partition coefficient (Wildman–Crippen LogP) is 3.17. The quantitative estimate of drug-likeness (QED) is 0.835. The van der Waals surface area contributed by atoms with Gasteiger partial charge < -0.3 is 9.84 Å². The number of hydrogen-bond donors (Lipinski definition) is 1. The van der Waals surface area contributed by atoms with Crippen molar-refractivity contribution in [3.05, 3.63) is 47.6 Å². The van der Waals surface area contributed by atoms with E-state index in [2.05, 4.69) is 53.6 Å². The van der Waals surface area contributed by atoms with Gasteiger partial charge in [-0.2, -0.15) is 4.98 Å². The number of nitrogens with one attached hydrogen (secondary N) is 1. The molecule has 0 aliphatic heterocycles. The Kier molecular flexibility index (Phi) is 4.94. The lowest BCUT2D eigenvalue weighted by Crippen LogP contribution is -2.28. The van der Waals surface area contributed by atoms with Crippen molar-refractivity contribution < 1.29 is 9.32 Å². The number of thioether (sulfide) groups is 1. The fourth-order valence-corrected chi connectivity index (χ4v) is 4.05. The number of carbonyl (C=O) groups excluding carboxylic acids is 1. The van der Waals surface area contributed by atoms with Crippen molar-refractivity contribution in [2.24, 2.45) is 11.3 Å². The van der Waals surface area contributed by atoms with E-state index in [1.54, 1.807) is 6.92 Å². The first-order chi connectivity index (χ1) is 11.5. The number of benzene rings is 1. The molecule has 1 saturated carbocycles. The number of carbonyl (C=O) groups is 1. The molecule has 1 aromatic carbocycles. The molecule has 128 valence electrons. The first-order valence-electron chi connectivity index (χ1n) is 8.17. The summed E-state index contributed by atoms with van der Waals surface area (Å²) in [6.07, 6.45) is 0. The van der Waals surface area contributed by atoms with Gasteiger partial charge >= 0.3 is 0 Å². The van der Waals surface area contributed by atoms with Gasteiger partial charge in [0.05, 0.1) is 11.5 Å². The summed E-state index contributed by atoms with van der Waals surface area (Å²) >= 11 is 1.50. The number of aryl methyl sites for hydroxylation is 1. The van der Waals surface area contributed by atoms with Crippen molar-refractivity contribution in [3.8, 4) is 0 Å². The van der Waals surface area contributed by atoms with E-state index in [0.717, 1.165) is 6.54 Å². The Morgan fingerprint density at radius 3 is 2.75 bits per heavy atom. The standard InChI is InChI=1S/C18H23N3O2S/c1-12-20-15(21-23-12)10-24-11-16(22)19-9-14-17(18(14,2)3)13-7-5-4-6-8-13/h4-8,14,17H,9-11H2,1-3H3,(H,19,22)/t14-,17-/m1/s1. The minimum atomic E-state index is 0.0646. The highest BCUT2D eigenvalue weighted by atomic mass is 32.2. The fraction of sp³-hybridized carbons (Fsp3) is 0.500. The summed E-state index contributed by atoms with van der Waals surface area (Å²) < 4.78 is 4.91. The predicted molar refractivity (Wildman–Crippen MR) is 94.7 cm³/mol. The van der Waals surface area contributed by atoms with Crippen LogP contribution in [-0.4, -0.2) is 28.3 Å². The van der Waals surface area contributed by atoms with Crippen molar-refractivity contribution in [1.29, 1.82) is 0 Å². The average Bonchev–Trinajstić information content (AvgIpc) is 2.86. The lowest BCUT2D eigenvalue weighted by Gasteiger charge is -2.05. The van der Waals surface area contributed by atoms with Crippen LogP contribution in [0, 0.1) is 18.3 Å². The van der Waals surface area contributed by atoms with E-state index in [1.807, 2.05) is 6.07 Å². The number of hydrogen-bond acceptors (Lipinski definition) is 5. The Morgan fingerprint density at radius 2 is 2.08 bits per heavy atom. The molecule has 1 N–H and O–H groups in total. The molecule has 1 fully saturated rings. The maximum absolute atomic E-state index is 12.0. The van der Waals surface area contributed by atoms with Gasteiger partial charge in [0.15, 0.2) is 5.82 Å². The molecule has 0 unspecified atom stereocenters. The third-order valence-corrected chi connectivity index (χ3v) is 5.69. The number of nitrogens with zero attached hydrogens (tertiary/aromatic N) is 2. The van der Waals surface area contributed by atoms with Gasteiger partial charge in [0.25, 0.3) is 0 Å². The van der Waals surface area contributed by atoms with Crippen LogP contribution in [0.3, 0.4) is 0 Å². The second kappa shape index (κ2) is 6.97. The van der Waals surface area contributed by atoms with Crippen molar-refractivity contribution >= 4 is 17.7 Å². The number of amides is 1. The summed E-state index contributed by atoms with van der Waals surface area (Å²) in [5, 5.41) is 6.89. The summed E-state index contributed by atoms with van der Waals surface area (Å²) in [6.45, 7) is 7.03. The Balaban J connectivity index is 1.41. The zero-order valence-electron chi connectivity index (χ0n) is 14.3. The minimum absolute atomic E-state index is 0.0646. The molecular formula is C18H23N3O2S. The SMILES string of the molecule is Cc1nc(CSCC(=O)NC[C@@H]2[C@@H](c3ccccc3)C2(C)C)no1. The normalized spacial score (nSPS) is 21.5. The molecule has 5 nitrogen and oxygen atoms in total. The van der Waals surface area contributed by atoms with Crippen LogP contribution in [0.15, 0.2) is 34.9 Å². The number of rotatable bonds is 7. The van der Waals surface area contributed by atoms with Crippen LogP contribution in [0.5, 0.6) is 0 Å². The molecule has 1 aliphatic rings. The molecule has 0 radical (unpaired) electrons. The molecule has 0 saturated heterocycles. The van der Waals surface area contributed by atoms with Gasteiger partial charge in [-0.3, -0.25) is 4.79 Å². The van der Waals surface area contributed by atoms with Crippen molar-refractivity contribution in [1.82, 2.24) is 15.5 Å². The van der Waals surface area contributed by atoms with Gasteiger partial charge in [-0.25, -0.2) is 0 Å². The lowest BCUT2D eigenvalue weighted by atomic mass is 10.0. The van der Waals surface area contributed by atoms with E-state index in [0.29, 0.717) is 35.1 Å². The second-order valence-electron chi connectivity index (χ2n) is 6.84. The van der Waals surface area contributed by atoms with Gasteiger partial charge in [-0.15, -0.1) is 11.8 Å². The summed E-state index contributed by atoms with van der Waals surface area (Å²) in [5.74, 6) is 3.27. The monoisotopic (exact) mass is 345 g/mol. The number of aromatic nitrogens is 2. The Labute approximate surface area is 146 Å². The van der Waals surface area contributed by atoms with Gasteiger partial charge in [0.2, 0.25) is 11.8 Å². The molecule has 0 spiro atoms. The highest BCUT2D eigenvalue weighted by molar-refractivity contribution is 7.99. The van der Waals surface area contributed by atoms with Crippen molar-refractivity contribution in [2.45, 2.75) is 32.4 Å². The van der Waals surface area contributed by atoms with E-state index in [-0.39, 0.29) is 11.3 Å². The minimum Gasteiger partial charge on any atom is -0.355 e. The molecule has 1 aromatic heterocycles. The molecule has 2 atom stereocenters.